The van der Waals surface area contributed by atoms with Crippen LogP contribution in [0.4, 0.5) is 0 Å². The standard InChI is InChI=1S/C25H33N3O3/c1-5-27(17-22(29)26-25(2,3)4)23(30)19-13-15-28(16-14-19)24(31)21-12-8-10-18-9-6-7-11-20(18)21/h6-12,19H,5,13-17H2,1-4H3,(H,26,29). The number of carbonyl (C=O) groups excluding carboxylic acids is 3. The number of nitrogens with zero attached hydrogens (tertiary/aromatic N) is 2. The van der Waals surface area contributed by atoms with Crippen LogP contribution in [0.1, 0.15) is 50.9 Å². The molecule has 0 unspecified atom stereocenters. The first-order valence-corrected chi connectivity index (χ1v) is 11.1. The van der Waals surface area contributed by atoms with E-state index in [0.717, 1.165) is 10.8 Å². The molecule has 31 heavy (non-hydrogen) atoms. The lowest BCUT2D eigenvalue weighted by Crippen LogP contribution is -2.49. The largest absolute Gasteiger partial charge is 0.350 e. The van der Waals surface area contributed by atoms with Crippen molar-refractivity contribution in [2.45, 2.75) is 46.1 Å². The number of hydrogen-bond donors (Lipinski definition) is 1. The van der Waals surface area contributed by atoms with Gasteiger partial charge >= 0.3 is 0 Å². The predicted octanol–water partition coefficient (Wildman–Crippen LogP) is 3.46. The van der Waals surface area contributed by atoms with Crippen molar-refractivity contribution >= 4 is 28.5 Å². The summed E-state index contributed by atoms with van der Waals surface area (Å²) in [6, 6.07) is 13.7. The van der Waals surface area contributed by atoms with Gasteiger partial charge in [0.05, 0.1) is 6.54 Å². The van der Waals surface area contributed by atoms with E-state index in [-0.39, 0.29) is 35.7 Å². The lowest BCUT2D eigenvalue weighted by Gasteiger charge is -2.34. The third kappa shape index (κ3) is 5.63. The van der Waals surface area contributed by atoms with Gasteiger partial charge in [-0.3, -0.25) is 14.4 Å². The van der Waals surface area contributed by atoms with Gasteiger partial charge in [-0.05, 0) is 57.4 Å². The van der Waals surface area contributed by atoms with E-state index in [2.05, 4.69) is 5.32 Å². The first-order chi connectivity index (χ1) is 14.7. The van der Waals surface area contributed by atoms with Crippen molar-refractivity contribution in [3.63, 3.8) is 0 Å². The van der Waals surface area contributed by atoms with Gasteiger partial charge in [0.1, 0.15) is 0 Å². The minimum atomic E-state index is -0.327. The van der Waals surface area contributed by atoms with E-state index in [1.807, 2.05) is 75.1 Å². The maximum atomic E-state index is 13.1. The quantitative estimate of drug-likeness (QED) is 0.801. The number of nitrogens with one attached hydrogen (secondary N) is 1. The molecule has 1 N–H and O–H groups in total. The van der Waals surface area contributed by atoms with Crippen LogP contribution in [0.2, 0.25) is 0 Å². The second-order valence-corrected chi connectivity index (χ2v) is 9.24. The first-order valence-electron chi connectivity index (χ1n) is 11.1. The molecule has 1 aliphatic rings. The fourth-order valence-corrected chi connectivity index (χ4v) is 4.15. The summed E-state index contributed by atoms with van der Waals surface area (Å²) in [7, 11) is 0. The molecule has 3 amide bonds. The molecule has 1 heterocycles. The van der Waals surface area contributed by atoms with Crippen LogP contribution in [0.5, 0.6) is 0 Å². The van der Waals surface area contributed by atoms with Crippen molar-refractivity contribution in [3.05, 3.63) is 48.0 Å². The summed E-state index contributed by atoms with van der Waals surface area (Å²) >= 11 is 0. The molecule has 2 aromatic rings. The predicted molar refractivity (Wildman–Crippen MR) is 123 cm³/mol. The lowest BCUT2D eigenvalue weighted by molar-refractivity contribution is -0.140. The van der Waals surface area contributed by atoms with Crippen LogP contribution < -0.4 is 5.32 Å². The fraction of sp³-hybridized carbons (Fsp3) is 0.480. The summed E-state index contributed by atoms with van der Waals surface area (Å²) < 4.78 is 0. The molecule has 0 atom stereocenters. The second-order valence-electron chi connectivity index (χ2n) is 9.24. The Labute approximate surface area is 184 Å². The first kappa shape index (κ1) is 22.8. The van der Waals surface area contributed by atoms with Crippen LogP contribution in [0.3, 0.4) is 0 Å². The van der Waals surface area contributed by atoms with E-state index in [9.17, 15) is 14.4 Å². The molecule has 1 aliphatic heterocycles. The Morgan fingerprint density at radius 1 is 1.03 bits per heavy atom. The zero-order valence-electron chi connectivity index (χ0n) is 19.0. The third-order valence-electron chi connectivity index (χ3n) is 5.69. The van der Waals surface area contributed by atoms with Crippen LogP contribution in [-0.2, 0) is 9.59 Å². The van der Waals surface area contributed by atoms with Crippen LogP contribution in [0, 0.1) is 5.92 Å². The van der Waals surface area contributed by atoms with Crippen molar-refractivity contribution in [2.75, 3.05) is 26.2 Å². The van der Waals surface area contributed by atoms with Gasteiger partial charge < -0.3 is 15.1 Å². The topological polar surface area (TPSA) is 69.7 Å². The smallest absolute Gasteiger partial charge is 0.254 e. The average molecular weight is 424 g/mol. The number of rotatable bonds is 5. The Balaban J connectivity index is 1.61. The summed E-state index contributed by atoms with van der Waals surface area (Å²) in [5.74, 6) is -0.284. The molecule has 0 bridgehead atoms. The molecular weight excluding hydrogens is 390 g/mol. The van der Waals surface area contributed by atoms with Crippen molar-refractivity contribution in [1.82, 2.24) is 15.1 Å². The maximum Gasteiger partial charge on any atom is 0.254 e. The second kappa shape index (κ2) is 9.50. The van der Waals surface area contributed by atoms with Crippen LogP contribution in [0.15, 0.2) is 42.5 Å². The van der Waals surface area contributed by atoms with Crippen LogP contribution in [-0.4, -0.2) is 59.2 Å². The van der Waals surface area contributed by atoms with E-state index in [0.29, 0.717) is 38.0 Å². The summed E-state index contributed by atoms with van der Waals surface area (Å²) in [6.45, 7) is 9.31. The Morgan fingerprint density at radius 2 is 1.68 bits per heavy atom. The Kier molecular flexibility index (Phi) is 6.98. The van der Waals surface area contributed by atoms with E-state index in [4.69, 9.17) is 0 Å². The number of likely N-dealkylation sites (tertiary alicyclic amines) is 1. The molecule has 0 saturated carbocycles. The Hall–Kier alpha value is -2.89. The highest BCUT2D eigenvalue weighted by atomic mass is 16.2. The Morgan fingerprint density at radius 3 is 2.32 bits per heavy atom. The molecule has 2 aromatic carbocycles. The van der Waals surface area contributed by atoms with Gasteiger partial charge in [-0.25, -0.2) is 0 Å². The van der Waals surface area contributed by atoms with E-state index >= 15 is 0 Å². The van der Waals surface area contributed by atoms with Crippen LogP contribution in [0.25, 0.3) is 10.8 Å². The monoisotopic (exact) mass is 423 g/mol. The number of carbonyl (C=O) groups is 3. The molecule has 0 aliphatic carbocycles. The van der Waals surface area contributed by atoms with E-state index in [1.54, 1.807) is 4.90 Å². The van der Waals surface area contributed by atoms with Gasteiger partial charge in [0.25, 0.3) is 5.91 Å². The minimum absolute atomic E-state index is 0.00354. The summed E-state index contributed by atoms with van der Waals surface area (Å²) in [5.41, 5.74) is 0.379. The van der Waals surface area contributed by atoms with E-state index in [1.165, 1.54) is 0 Å². The van der Waals surface area contributed by atoms with Gasteiger partial charge in [-0.1, -0.05) is 36.4 Å². The normalized spacial score (nSPS) is 15.0. The van der Waals surface area contributed by atoms with Crippen molar-refractivity contribution in [3.8, 4) is 0 Å². The van der Waals surface area contributed by atoms with Gasteiger partial charge in [0, 0.05) is 36.7 Å². The minimum Gasteiger partial charge on any atom is -0.350 e. The zero-order valence-corrected chi connectivity index (χ0v) is 19.0. The molecule has 0 radical (unpaired) electrons. The number of fused-ring (bicyclic) bond motifs is 1. The maximum absolute atomic E-state index is 13.1. The zero-order chi connectivity index (χ0) is 22.6. The summed E-state index contributed by atoms with van der Waals surface area (Å²) in [6.07, 6.45) is 1.24. The van der Waals surface area contributed by atoms with Gasteiger partial charge in [-0.2, -0.15) is 0 Å². The summed E-state index contributed by atoms with van der Waals surface area (Å²) in [4.78, 5) is 41.9. The highest BCUT2D eigenvalue weighted by molar-refractivity contribution is 6.07. The van der Waals surface area contributed by atoms with Crippen LogP contribution >= 0.6 is 0 Å². The molecule has 1 saturated heterocycles. The molecule has 3 rings (SSSR count). The molecule has 6 nitrogen and oxygen atoms in total. The number of likely N-dealkylation sites (N-methyl/N-ethyl adjacent to an activating group) is 1. The molecule has 0 aromatic heterocycles. The number of amides is 3. The average Bonchev–Trinajstić information content (AvgIpc) is 2.75. The number of piperidine rings is 1. The molecular formula is C25H33N3O3. The highest BCUT2D eigenvalue weighted by Gasteiger charge is 2.31. The molecule has 6 heteroatoms. The van der Waals surface area contributed by atoms with Crippen molar-refractivity contribution in [1.29, 1.82) is 0 Å². The van der Waals surface area contributed by atoms with Gasteiger partial charge in [0.2, 0.25) is 11.8 Å². The SMILES string of the molecule is CCN(CC(=O)NC(C)(C)C)C(=O)C1CCN(C(=O)c2cccc3ccccc23)CC1. The Bertz CT molecular complexity index is 951. The molecule has 1 fully saturated rings. The van der Waals surface area contributed by atoms with Crippen molar-refractivity contribution < 1.29 is 14.4 Å². The summed E-state index contributed by atoms with van der Waals surface area (Å²) in [5, 5.41) is 4.91. The van der Waals surface area contributed by atoms with Gasteiger partial charge in [-0.15, -0.1) is 0 Å². The number of hydrogen-bond acceptors (Lipinski definition) is 3. The lowest BCUT2D eigenvalue weighted by atomic mass is 9.94. The molecule has 0 spiro atoms. The van der Waals surface area contributed by atoms with E-state index < -0.39 is 0 Å². The highest BCUT2D eigenvalue weighted by Crippen LogP contribution is 2.24. The van der Waals surface area contributed by atoms with Gasteiger partial charge in [0.15, 0.2) is 0 Å². The number of benzene rings is 2. The third-order valence-corrected chi connectivity index (χ3v) is 5.69. The van der Waals surface area contributed by atoms with Crippen molar-refractivity contribution in [2.24, 2.45) is 5.92 Å². The molecule has 166 valence electrons. The fourth-order valence-electron chi connectivity index (χ4n) is 4.15.